The first-order chi connectivity index (χ1) is 16.2. The molecular weight excluding hydrogens is 446 g/mol. The molecule has 1 aliphatic heterocycles. The molecule has 3 aliphatic rings. The van der Waals surface area contributed by atoms with Gasteiger partial charge >= 0.3 is 6.18 Å². The van der Waals surface area contributed by atoms with E-state index in [-0.39, 0.29) is 18.3 Å². The molecule has 0 amide bonds. The molecule has 0 radical (unpaired) electrons. The fraction of sp³-hybridized carbons (Fsp3) is 0.680. The maximum Gasteiger partial charge on any atom is 0.418 e. The largest absolute Gasteiger partial charge is 0.418 e. The molecule has 3 fully saturated rings. The highest BCUT2D eigenvalue weighted by atomic mass is 19.4. The minimum absolute atomic E-state index is 0.0203. The molecular formula is C25H33F4N5. The van der Waals surface area contributed by atoms with Crippen LogP contribution in [0.25, 0.3) is 11.3 Å². The Labute approximate surface area is 198 Å². The number of hydrogen-bond donors (Lipinski definition) is 0. The van der Waals surface area contributed by atoms with Crippen LogP contribution in [0.4, 0.5) is 17.6 Å². The van der Waals surface area contributed by atoms with Gasteiger partial charge in [-0.3, -0.25) is 14.8 Å². The predicted octanol–water partition coefficient (Wildman–Crippen LogP) is 4.93. The molecule has 4 atom stereocenters. The van der Waals surface area contributed by atoms with Crippen molar-refractivity contribution in [1.29, 1.82) is 0 Å². The van der Waals surface area contributed by atoms with Gasteiger partial charge in [-0.05, 0) is 37.7 Å². The van der Waals surface area contributed by atoms with Crippen LogP contribution in [0.2, 0.25) is 0 Å². The normalized spacial score (nSPS) is 28.0. The average molecular weight is 480 g/mol. The molecule has 3 heterocycles. The van der Waals surface area contributed by atoms with Gasteiger partial charge in [-0.2, -0.15) is 13.2 Å². The number of piperazine rings is 1. The van der Waals surface area contributed by atoms with E-state index in [1.165, 1.54) is 19.2 Å². The first kappa shape index (κ1) is 23.7. The van der Waals surface area contributed by atoms with Crippen LogP contribution in [0.1, 0.15) is 55.7 Å². The number of imidazole rings is 1. The zero-order chi connectivity index (χ0) is 24.2. The van der Waals surface area contributed by atoms with Crippen molar-refractivity contribution in [2.24, 2.45) is 11.8 Å². The van der Waals surface area contributed by atoms with E-state index in [4.69, 9.17) is 4.98 Å². The van der Waals surface area contributed by atoms with Gasteiger partial charge in [0.25, 0.3) is 0 Å². The van der Waals surface area contributed by atoms with Crippen LogP contribution in [-0.4, -0.2) is 69.8 Å². The lowest BCUT2D eigenvalue weighted by atomic mass is 10.1. The Hall–Kier alpha value is -2.00. The van der Waals surface area contributed by atoms with E-state index in [1.807, 2.05) is 6.20 Å². The van der Waals surface area contributed by atoms with Crippen molar-refractivity contribution in [2.45, 2.75) is 57.8 Å². The summed E-state index contributed by atoms with van der Waals surface area (Å²) in [6, 6.07) is 2.13. The molecule has 5 nitrogen and oxygen atoms in total. The summed E-state index contributed by atoms with van der Waals surface area (Å²) in [5.74, 6) is 2.29. The summed E-state index contributed by atoms with van der Waals surface area (Å²) >= 11 is 0. The van der Waals surface area contributed by atoms with E-state index in [9.17, 15) is 17.6 Å². The number of aromatic nitrogens is 3. The maximum absolute atomic E-state index is 13.4. The molecule has 186 valence electrons. The highest BCUT2D eigenvalue weighted by Crippen LogP contribution is 2.62. The number of rotatable bonds is 6. The van der Waals surface area contributed by atoms with E-state index >= 15 is 0 Å². The number of aryl methyl sites for hydroxylation is 1. The topological polar surface area (TPSA) is 37.2 Å². The smallest absolute Gasteiger partial charge is 0.330 e. The summed E-state index contributed by atoms with van der Waals surface area (Å²) in [5.41, 5.74) is 0.247. The minimum atomic E-state index is -4.43. The van der Waals surface area contributed by atoms with Crippen LogP contribution in [0, 0.1) is 18.8 Å². The second kappa shape index (κ2) is 8.90. The lowest BCUT2D eigenvalue weighted by Gasteiger charge is -2.38. The summed E-state index contributed by atoms with van der Waals surface area (Å²) in [6.07, 6.45) is 1.29. The van der Waals surface area contributed by atoms with Crippen LogP contribution >= 0.6 is 0 Å². The van der Waals surface area contributed by atoms with E-state index in [0.717, 1.165) is 44.8 Å². The number of halogens is 4. The minimum Gasteiger partial charge on any atom is -0.330 e. The van der Waals surface area contributed by atoms with Gasteiger partial charge in [0.1, 0.15) is 12.5 Å². The first-order valence-corrected chi connectivity index (χ1v) is 12.3. The van der Waals surface area contributed by atoms with Gasteiger partial charge in [0.2, 0.25) is 0 Å². The first-order valence-electron chi connectivity index (χ1n) is 12.3. The molecule has 0 bridgehead atoms. The zero-order valence-electron chi connectivity index (χ0n) is 20.0. The van der Waals surface area contributed by atoms with Crippen LogP contribution in [0.3, 0.4) is 0 Å². The zero-order valence-corrected chi connectivity index (χ0v) is 20.0. The van der Waals surface area contributed by atoms with Gasteiger partial charge in [-0.25, -0.2) is 9.37 Å². The van der Waals surface area contributed by atoms with E-state index in [0.29, 0.717) is 41.7 Å². The Morgan fingerprint density at radius 1 is 1.09 bits per heavy atom. The summed E-state index contributed by atoms with van der Waals surface area (Å²) < 4.78 is 55.1. The molecule has 9 heteroatoms. The second-order valence-corrected chi connectivity index (χ2v) is 10.4. The highest BCUT2D eigenvalue weighted by Gasteiger charge is 2.58. The molecule has 0 aromatic carbocycles. The summed E-state index contributed by atoms with van der Waals surface area (Å²) in [5, 5.41) is 0. The van der Waals surface area contributed by atoms with Gasteiger partial charge < -0.3 is 4.57 Å². The molecule has 5 rings (SSSR count). The Kier molecular flexibility index (Phi) is 6.21. The van der Waals surface area contributed by atoms with Gasteiger partial charge in [-0.15, -0.1) is 0 Å². The third-order valence-electron chi connectivity index (χ3n) is 7.99. The standard InChI is InChI=1S/C25H33F4N5/c1-15(2)24-31-22(17-10-21(25(27,28)29)16(3)30-13-17)14-34(24)23-19-11-18(12-20(19)23)33-8-6-32(5-4-26)7-9-33/h10,13-15,18-20,23H,4-9,11-12H2,1-3H3/t18?,19-,20+,23+. The summed E-state index contributed by atoms with van der Waals surface area (Å²) in [7, 11) is 0. The number of nitrogens with zero attached hydrogens (tertiary/aromatic N) is 5. The molecule has 1 saturated heterocycles. The SMILES string of the molecule is Cc1ncc(-c2cn([C@H]3[C@@H]4CC(N5CCN(CCF)CC5)C[C@@H]43)c(C(C)C)n2)cc1C(F)(F)F. The molecule has 2 saturated carbocycles. The average Bonchev–Trinajstić information content (AvgIpc) is 3.14. The quantitative estimate of drug-likeness (QED) is 0.551. The van der Waals surface area contributed by atoms with Crippen molar-refractivity contribution < 1.29 is 17.6 Å². The van der Waals surface area contributed by atoms with Gasteiger partial charge in [-0.1, -0.05) is 13.8 Å². The van der Waals surface area contributed by atoms with Gasteiger partial charge in [0, 0.05) is 74.4 Å². The third-order valence-corrected chi connectivity index (χ3v) is 7.99. The monoisotopic (exact) mass is 479 g/mol. The van der Waals surface area contributed by atoms with Crippen molar-refractivity contribution in [3.05, 3.63) is 35.5 Å². The number of alkyl halides is 4. The summed E-state index contributed by atoms with van der Waals surface area (Å²) in [4.78, 5) is 13.5. The van der Waals surface area contributed by atoms with Crippen LogP contribution in [0.15, 0.2) is 18.5 Å². The van der Waals surface area contributed by atoms with Crippen molar-refractivity contribution in [1.82, 2.24) is 24.3 Å². The van der Waals surface area contributed by atoms with Crippen molar-refractivity contribution in [3.8, 4) is 11.3 Å². The Morgan fingerprint density at radius 2 is 1.76 bits per heavy atom. The molecule has 2 aliphatic carbocycles. The fourth-order valence-corrected chi connectivity index (χ4v) is 6.13. The Balaban J connectivity index is 1.30. The predicted molar refractivity (Wildman–Crippen MR) is 122 cm³/mol. The molecule has 0 N–H and O–H groups in total. The Morgan fingerprint density at radius 3 is 2.35 bits per heavy atom. The van der Waals surface area contributed by atoms with E-state index in [1.54, 1.807) is 0 Å². The van der Waals surface area contributed by atoms with Gasteiger partial charge in [0.05, 0.1) is 11.3 Å². The van der Waals surface area contributed by atoms with Crippen LogP contribution in [0.5, 0.6) is 0 Å². The lowest BCUT2D eigenvalue weighted by Crippen LogP contribution is -2.50. The molecule has 0 spiro atoms. The van der Waals surface area contributed by atoms with E-state index in [2.05, 4.69) is 33.2 Å². The van der Waals surface area contributed by atoms with Crippen molar-refractivity contribution >= 4 is 0 Å². The molecule has 1 unspecified atom stereocenters. The lowest BCUT2D eigenvalue weighted by molar-refractivity contribution is -0.138. The van der Waals surface area contributed by atoms with Crippen LogP contribution < -0.4 is 0 Å². The molecule has 34 heavy (non-hydrogen) atoms. The summed E-state index contributed by atoms with van der Waals surface area (Å²) in [6.45, 7) is 9.67. The number of pyridine rings is 1. The number of fused-ring (bicyclic) bond motifs is 1. The van der Waals surface area contributed by atoms with Crippen molar-refractivity contribution in [3.63, 3.8) is 0 Å². The fourth-order valence-electron chi connectivity index (χ4n) is 6.13. The van der Waals surface area contributed by atoms with Gasteiger partial charge in [0.15, 0.2) is 0 Å². The maximum atomic E-state index is 13.4. The Bertz CT molecular complexity index is 1010. The third kappa shape index (κ3) is 4.37. The molecule has 2 aromatic heterocycles. The second-order valence-electron chi connectivity index (χ2n) is 10.4. The van der Waals surface area contributed by atoms with Crippen molar-refractivity contribution in [2.75, 3.05) is 39.4 Å². The number of hydrogen-bond acceptors (Lipinski definition) is 4. The highest BCUT2D eigenvalue weighted by molar-refractivity contribution is 5.59. The van der Waals surface area contributed by atoms with E-state index < -0.39 is 11.7 Å². The van der Waals surface area contributed by atoms with Crippen LogP contribution in [-0.2, 0) is 6.18 Å². The molecule has 2 aromatic rings.